The van der Waals surface area contributed by atoms with Crippen LogP contribution in [0, 0.1) is 6.92 Å². The topological polar surface area (TPSA) is 58.2 Å². The van der Waals surface area contributed by atoms with E-state index in [1.165, 1.54) is 0 Å². The molecule has 0 aromatic heterocycles. The quantitative estimate of drug-likeness (QED) is 0.572. The molecule has 0 spiro atoms. The Bertz CT molecular complexity index is 179. The Morgan fingerprint density at radius 1 is 1.45 bits per heavy atom. The van der Waals surface area contributed by atoms with E-state index < -0.39 is 0 Å². The molecular formula is C7H11N2O2. The Morgan fingerprint density at radius 2 is 2.18 bits per heavy atom. The van der Waals surface area contributed by atoms with E-state index in [2.05, 4.69) is 17.6 Å². The summed E-state index contributed by atoms with van der Waals surface area (Å²) in [6, 6.07) is -0.715. The number of rotatable bonds is 3. The fourth-order valence-corrected chi connectivity index (χ4v) is 1.01. The molecule has 4 heteroatoms. The molecule has 2 N–H and O–H groups in total. The molecule has 4 nitrogen and oxygen atoms in total. The Kier molecular flexibility index (Phi) is 2.46. The van der Waals surface area contributed by atoms with Crippen LogP contribution in [0.1, 0.15) is 19.3 Å². The van der Waals surface area contributed by atoms with E-state index in [1.54, 1.807) is 0 Å². The fraction of sp³-hybridized carbons (Fsp3) is 0.571. The molecule has 0 aliphatic carbocycles. The maximum absolute atomic E-state index is 10.9. The third-order valence-electron chi connectivity index (χ3n) is 1.60. The average molecular weight is 155 g/mol. The number of unbranched alkanes of at least 4 members (excludes halogenated alkanes) is 1. The number of imide groups is 1. The Balaban J connectivity index is 2.34. The van der Waals surface area contributed by atoms with Gasteiger partial charge in [-0.3, -0.25) is 10.1 Å². The predicted molar refractivity (Wildman–Crippen MR) is 39.7 cm³/mol. The van der Waals surface area contributed by atoms with Gasteiger partial charge in [-0.1, -0.05) is 19.8 Å². The minimum Gasteiger partial charge on any atom is -0.326 e. The molecule has 0 aromatic rings. The first-order chi connectivity index (χ1) is 5.24. The van der Waals surface area contributed by atoms with Crippen LogP contribution in [0.4, 0.5) is 4.79 Å². The van der Waals surface area contributed by atoms with Crippen LogP contribution in [0.3, 0.4) is 0 Å². The van der Waals surface area contributed by atoms with Gasteiger partial charge in [0.1, 0.15) is 6.04 Å². The summed E-state index contributed by atoms with van der Waals surface area (Å²) in [6.45, 7) is 3.65. The van der Waals surface area contributed by atoms with Gasteiger partial charge < -0.3 is 5.32 Å². The molecule has 1 fully saturated rings. The van der Waals surface area contributed by atoms with Crippen LogP contribution in [0.2, 0.25) is 0 Å². The lowest BCUT2D eigenvalue weighted by molar-refractivity contribution is -0.120. The van der Waals surface area contributed by atoms with Gasteiger partial charge in [-0.15, -0.1) is 0 Å². The summed E-state index contributed by atoms with van der Waals surface area (Å²) in [4.78, 5) is 21.4. The molecule has 11 heavy (non-hydrogen) atoms. The van der Waals surface area contributed by atoms with Crippen LogP contribution in [0.25, 0.3) is 0 Å². The fourth-order valence-electron chi connectivity index (χ4n) is 1.01. The van der Waals surface area contributed by atoms with E-state index in [9.17, 15) is 9.59 Å². The molecule has 1 aliphatic rings. The highest BCUT2D eigenvalue weighted by Gasteiger charge is 2.28. The third kappa shape index (κ3) is 1.93. The van der Waals surface area contributed by atoms with Crippen molar-refractivity contribution in [2.24, 2.45) is 0 Å². The minimum absolute atomic E-state index is 0.219. The first-order valence-corrected chi connectivity index (χ1v) is 3.64. The normalized spacial score (nSPS) is 23.2. The summed E-state index contributed by atoms with van der Waals surface area (Å²) in [7, 11) is 0. The molecule has 0 aromatic carbocycles. The second-order valence-electron chi connectivity index (χ2n) is 2.51. The minimum atomic E-state index is -0.385. The van der Waals surface area contributed by atoms with Crippen molar-refractivity contribution in [3.8, 4) is 0 Å². The van der Waals surface area contributed by atoms with Gasteiger partial charge in [0.05, 0.1) is 0 Å². The third-order valence-corrected chi connectivity index (χ3v) is 1.60. The van der Waals surface area contributed by atoms with E-state index >= 15 is 0 Å². The van der Waals surface area contributed by atoms with E-state index in [0.717, 1.165) is 12.8 Å². The van der Waals surface area contributed by atoms with Crippen molar-refractivity contribution >= 4 is 11.9 Å². The van der Waals surface area contributed by atoms with Gasteiger partial charge in [-0.25, -0.2) is 4.79 Å². The zero-order chi connectivity index (χ0) is 8.27. The highest BCUT2D eigenvalue weighted by atomic mass is 16.2. The standard InChI is InChI=1S/C7H11N2O2/c1-2-3-4-5-6(10)9-7(11)8-5/h5H,1-4H2,(H2,8,9,10,11). The van der Waals surface area contributed by atoms with Crippen LogP contribution in [0.15, 0.2) is 0 Å². The van der Waals surface area contributed by atoms with Crippen molar-refractivity contribution in [1.82, 2.24) is 10.6 Å². The van der Waals surface area contributed by atoms with Crippen molar-refractivity contribution in [2.75, 3.05) is 0 Å². The summed E-state index contributed by atoms with van der Waals surface area (Å²) in [5.41, 5.74) is 0. The molecule has 1 heterocycles. The summed E-state index contributed by atoms with van der Waals surface area (Å²) in [6.07, 6.45) is 2.33. The van der Waals surface area contributed by atoms with Gasteiger partial charge in [0.25, 0.3) is 5.91 Å². The maximum Gasteiger partial charge on any atom is 0.322 e. The summed E-state index contributed by atoms with van der Waals surface area (Å²) in [5.74, 6) is -0.219. The van der Waals surface area contributed by atoms with Gasteiger partial charge in [-0.05, 0) is 6.42 Å². The van der Waals surface area contributed by atoms with Crippen LogP contribution in [0.5, 0.6) is 0 Å². The van der Waals surface area contributed by atoms with Crippen molar-refractivity contribution in [2.45, 2.75) is 25.3 Å². The molecule has 1 radical (unpaired) electrons. The first-order valence-electron chi connectivity index (χ1n) is 3.64. The smallest absolute Gasteiger partial charge is 0.322 e. The molecule has 1 saturated heterocycles. The molecule has 61 valence electrons. The summed E-state index contributed by atoms with van der Waals surface area (Å²) < 4.78 is 0. The summed E-state index contributed by atoms with van der Waals surface area (Å²) >= 11 is 0. The van der Waals surface area contributed by atoms with Gasteiger partial charge in [0.2, 0.25) is 0 Å². The Labute approximate surface area is 65.3 Å². The van der Waals surface area contributed by atoms with E-state index in [1.807, 2.05) is 0 Å². The van der Waals surface area contributed by atoms with Gasteiger partial charge >= 0.3 is 6.03 Å². The lowest BCUT2D eigenvalue weighted by Crippen LogP contribution is -2.28. The van der Waals surface area contributed by atoms with Crippen molar-refractivity contribution in [3.05, 3.63) is 6.92 Å². The van der Waals surface area contributed by atoms with Gasteiger partial charge in [-0.2, -0.15) is 0 Å². The largest absolute Gasteiger partial charge is 0.326 e. The van der Waals surface area contributed by atoms with E-state index in [0.29, 0.717) is 6.42 Å². The zero-order valence-corrected chi connectivity index (χ0v) is 6.22. The van der Waals surface area contributed by atoms with E-state index in [-0.39, 0.29) is 18.0 Å². The first kappa shape index (κ1) is 8.04. The number of amides is 3. The number of hydrogen-bond donors (Lipinski definition) is 2. The van der Waals surface area contributed by atoms with Crippen molar-refractivity contribution < 1.29 is 9.59 Å². The molecule has 1 atom stereocenters. The Hall–Kier alpha value is -1.06. The number of carbonyl (C=O) groups excluding carboxylic acids is 2. The molecule has 1 aliphatic heterocycles. The zero-order valence-electron chi connectivity index (χ0n) is 6.22. The number of nitrogens with one attached hydrogen (secondary N) is 2. The molecular weight excluding hydrogens is 144 g/mol. The molecule has 0 saturated carbocycles. The highest BCUT2D eigenvalue weighted by molar-refractivity contribution is 6.04. The molecule has 1 unspecified atom stereocenters. The van der Waals surface area contributed by atoms with Gasteiger partial charge in [0, 0.05) is 0 Å². The Morgan fingerprint density at radius 3 is 2.64 bits per heavy atom. The average Bonchev–Trinajstić information content (AvgIpc) is 2.26. The van der Waals surface area contributed by atoms with Crippen molar-refractivity contribution in [3.63, 3.8) is 0 Å². The second kappa shape index (κ2) is 3.37. The highest BCUT2D eigenvalue weighted by Crippen LogP contribution is 2.03. The second-order valence-corrected chi connectivity index (χ2v) is 2.51. The van der Waals surface area contributed by atoms with Crippen LogP contribution < -0.4 is 10.6 Å². The van der Waals surface area contributed by atoms with E-state index in [4.69, 9.17) is 0 Å². The van der Waals surface area contributed by atoms with Gasteiger partial charge in [0.15, 0.2) is 0 Å². The van der Waals surface area contributed by atoms with Crippen molar-refractivity contribution in [1.29, 1.82) is 0 Å². The SMILES string of the molecule is [CH2]CCCC1NC(=O)NC1=O. The lowest BCUT2D eigenvalue weighted by Gasteiger charge is -2.03. The monoisotopic (exact) mass is 155 g/mol. The van der Waals surface area contributed by atoms with Crippen LogP contribution >= 0.6 is 0 Å². The lowest BCUT2D eigenvalue weighted by atomic mass is 10.1. The molecule has 1 rings (SSSR count). The maximum atomic E-state index is 10.9. The molecule has 0 bridgehead atoms. The van der Waals surface area contributed by atoms with Crippen LogP contribution in [-0.4, -0.2) is 18.0 Å². The molecule has 3 amide bonds. The number of carbonyl (C=O) groups is 2. The summed E-state index contributed by atoms with van der Waals surface area (Å²) in [5, 5.41) is 4.68. The predicted octanol–water partition coefficient (Wildman–Crippen LogP) is 0.199. The number of hydrogen-bond acceptors (Lipinski definition) is 2. The number of urea groups is 1. The van der Waals surface area contributed by atoms with Crippen LogP contribution in [-0.2, 0) is 4.79 Å².